The predicted octanol–water partition coefficient (Wildman–Crippen LogP) is 4.87. The average Bonchev–Trinajstić information content (AvgIpc) is 2.86. The topological polar surface area (TPSA) is 169 Å². The maximum Gasteiger partial charge on any atom is 0.472 e. The molecular formula is C26H50NO10P. The lowest BCUT2D eigenvalue weighted by Crippen LogP contribution is -2.43. The number of unbranched alkanes of at least 4 members (excludes halogenated alkanes) is 14. The van der Waals surface area contributed by atoms with Crippen LogP contribution in [0.5, 0.6) is 0 Å². The van der Waals surface area contributed by atoms with Crippen molar-refractivity contribution in [1.82, 2.24) is 5.32 Å². The van der Waals surface area contributed by atoms with E-state index in [1.165, 1.54) is 70.6 Å². The third-order valence-electron chi connectivity index (χ3n) is 5.95. The monoisotopic (exact) mass is 567 g/mol. The van der Waals surface area contributed by atoms with Crippen molar-refractivity contribution in [2.45, 2.75) is 129 Å². The normalized spacial score (nSPS) is 14.4. The molecule has 12 heteroatoms. The van der Waals surface area contributed by atoms with Crippen LogP contribution in [0.4, 0.5) is 0 Å². The Kier molecular flexibility index (Phi) is 22.4. The number of ether oxygens (including phenoxy) is 1. The van der Waals surface area contributed by atoms with Crippen LogP contribution in [0.3, 0.4) is 0 Å². The maximum absolute atomic E-state index is 12.1. The summed E-state index contributed by atoms with van der Waals surface area (Å²) in [5.74, 6) is -2.55. The third kappa shape index (κ3) is 23.6. The van der Waals surface area contributed by atoms with Gasteiger partial charge < -0.3 is 25.2 Å². The van der Waals surface area contributed by atoms with Crippen LogP contribution < -0.4 is 5.32 Å². The van der Waals surface area contributed by atoms with E-state index in [0.717, 1.165) is 26.2 Å². The number of phosphoric ester groups is 1. The molecule has 0 aromatic heterocycles. The second-order valence-corrected chi connectivity index (χ2v) is 11.1. The fourth-order valence-corrected chi connectivity index (χ4v) is 4.52. The van der Waals surface area contributed by atoms with Gasteiger partial charge in [0, 0.05) is 13.3 Å². The molecule has 0 radical (unpaired) electrons. The number of aliphatic carboxylic acids is 1. The summed E-state index contributed by atoms with van der Waals surface area (Å²) in [5.41, 5.74) is 0. The van der Waals surface area contributed by atoms with Gasteiger partial charge in [-0.1, -0.05) is 96.8 Å². The van der Waals surface area contributed by atoms with E-state index in [9.17, 15) is 34.1 Å². The van der Waals surface area contributed by atoms with Gasteiger partial charge in [-0.15, -0.1) is 0 Å². The van der Waals surface area contributed by atoms with E-state index in [0.29, 0.717) is 6.42 Å². The SMILES string of the molecule is CCCCCCCCCCCCCCCCCC(=O)NC(COP(=O)(O)OCC(O)COC(C)=O)C(=O)O. The van der Waals surface area contributed by atoms with Gasteiger partial charge in [0.05, 0.1) is 13.2 Å². The number of carboxylic acid groups (broad SMARTS) is 1. The number of carbonyl (C=O) groups excluding carboxylic acids is 2. The lowest BCUT2D eigenvalue weighted by atomic mass is 10.0. The molecule has 0 saturated carbocycles. The van der Waals surface area contributed by atoms with Gasteiger partial charge >= 0.3 is 19.8 Å². The number of aliphatic hydroxyl groups excluding tert-OH is 1. The van der Waals surface area contributed by atoms with Crippen LogP contribution >= 0.6 is 7.82 Å². The van der Waals surface area contributed by atoms with Crippen molar-refractivity contribution < 1.29 is 47.8 Å². The molecule has 0 bridgehead atoms. The van der Waals surface area contributed by atoms with Crippen molar-refractivity contribution in [1.29, 1.82) is 0 Å². The molecule has 0 aliphatic carbocycles. The standard InChI is InChI=1S/C26H50NO10P/c1-3-4-5-6-7-8-9-10-11-12-13-14-15-16-17-18-25(30)27-24(26(31)32)21-37-38(33,34)36-20-23(29)19-35-22(2)28/h23-24,29H,3-21H2,1-2H3,(H,27,30)(H,31,32)(H,33,34). The quantitative estimate of drug-likeness (QED) is 0.0642. The van der Waals surface area contributed by atoms with E-state index in [-0.39, 0.29) is 6.42 Å². The van der Waals surface area contributed by atoms with Gasteiger partial charge in [-0.3, -0.25) is 18.6 Å². The number of phosphoric acid groups is 1. The fraction of sp³-hybridized carbons (Fsp3) is 0.885. The molecule has 0 aliphatic rings. The van der Waals surface area contributed by atoms with Crippen LogP contribution in [0.2, 0.25) is 0 Å². The third-order valence-corrected chi connectivity index (χ3v) is 6.90. The Bertz CT molecular complexity index is 691. The number of hydrogen-bond donors (Lipinski definition) is 4. The first-order valence-electron chi connectivity index (χ1n) is 14.0. The van der Waals surface area contributed by atoms with Gasteiger partial charge in [-0.2, -0.15) is 0 Å². The van der Waals surface area contributed by atoms with Crippen LogP contribution in [0, 0.1) is 0 Å². The largest absolute Gasteiger partial charge is 0.480 e. The van der Waals surface area contributed by atoms with Crippen LogP contribution in [-0.2, 0) is 32.7 Å². The van der Waals surface area contributed by atoms with E-state index < -0.39 is 57.6 Å². The molecule has 1 amide bonds. The van der Waals surface area contributed by atoms with Gasteiger partial charge in [0.2, 0.25) is 5.91 Å². The predicted molar refractivity (Wildman–Crippen MR) is 143 cm³/mol. The van der Waals surface area contributed by atoms with Gasteiger partial charge in [0.15, 0.2) is 6.04 Å². The lowest BCUT2D eigenvalue weighted by Gasteiger charge is -2.18. The first-order chi connectivity index (χ1) is 18.1. The number of aliphatic hydroxyl groups is 1. The number of carbonyl (C=O) groups is 3. The zero-order chi connectivity index (χ0) is 28.7. The Hall–Kier alpha value is -1.52. The van der Waals surface area contributed by atoms with E-state index in [2.05, 4.69) is 26.0 Å². The second-order valence-electron chi connectivity index (χ2n) is 9.67. The van der Waals surface area contributed by atoms with Gasteiger partial charge in [-0.05, 0) is 6.42 Å². The molecule has 0 rings (SSSR count). The van der Waals surface area contributed by atoms with E-state index in [1.807, 2.05) is 0 Å². The van der Waals surface area contributed by atoms with Crippen molar-refractivity contribution in [3.05, 3.63) is 0 Å². The highest BCUT2D eigenvalue weighted by atomic mass is 31.2. The van der Waals surface area contributed by atoms with Crippen molar-refractivity contribution in [2.24, 2.45) is 0 Å². The molecule has 3 atom stereocenters. The first kappa shape index (κ1) is 36.5. The van der Waals surface area contributed by atoms with Gasteiger partial charge in [0.1, 0.15) is 12.7 Å². The van der Waals surface area contributed by atoms with E-state index in [4.69, 9.17) is 0 Å². The van der Waals surface area contributed by atoms with Crippen molar-refractivity contribution >= 4 is 25.7 Å². The Balaban J connectivity index is 3.89. The minimum Gasteiger partial charge on any atom is -0.480 e. The summed E-state index contributed by atoms with van der Waals surface area (Å²) in [7, 11) is -4.70. The molecule has 38 heavy (non-hydrogen) atoms. The zero-order valence-corrected chi connectivity index (χ0v) is 24.1. The molecule has 224 valence electrons. The molecule has 0 saturated heterocycles. The molecule has 0 spiro atoms. The number of carboxylic acids is 1. The lowest BCUT2D eigenvalue weighted by molar-refractivity contribution is -0.144. The van der Waals surface area contributed by atoms with Crippen LogP contribution in [0.15, 0.2) is 0 Å². The van der Waals surface area contributed by atoms with E-state index >= 15 is 0 Å². The highest BCUT2D eigenvalue weighted by molar-refractivity contribution is 7.47. The maximum atomic E-state index is 12.1. The minimum absolute atomic E-state index is 0.150. The first-order valence-corrected chi connectivity index (χ1v) is 15.5. The Labute approximate surface area is 227 Å². The molecule has 0 aromatic carbocycles. The Morgan fingerprint density at radius 1 is 0.763 bits per heavy atom. The van der Waals surface area contributed by atoms with Crippen molar-refractivity contribution in [3.8, 4) is 0 Å². The smallest absolute Gasteiger partial charge is 0.472 e. The number of nitrogens with one attached hydrogen (secondary N) is 1. The van der Waals surface area contributed by atoms with Crippen molar-refractivity contribution in [2.75, 3.05) is 19.8 Å². The molecule has 0 heterocycles. The summed E-state index contributed by atoms with van der Waals surface area (Å²) >= 11 is 0. The highest BCUT2D eigenvalue weighted by Crippen LogP contribution is 2.43. The van der Waals surface area contributed by atoms with Crippen molar-refractivity contribution in [3.63, 3.8) is 0 Å². The zero-order valence-electron chi connectivity index (χ0n) is 23.2. The van der Waals surface area contributed by atoms with Gasteiger partial charge in [0.25, 0.3) is 0 Å². The summed E-state index contributed by atoms with van der Waals surface area (Å²) in [6, 6.07) is -1.53. The average molecular weight is 568 g/mol. The summed E-state index contributed by atoms with van der Waals surface area (Å²) in [5, 5.41) is 21.1. The van der Waals surface area contributed by atoms with Crippen LogP contribution in [-0.4, -0.2) is 64.9 Å². The summed E-state index contributed by atoms with van der Waals surface area (Å²) < 4.78 is 25.6. The summed E-state index contributed by atoms with van der Waals surface area (Å²) in [6.45, 7) is 1.45. The fourth-order valence-electron chi connectivity index (χ4n) is 3.75. The van der Waals surface area contributed by atoms with E-state index in [1.54, 1.807) is 0 Å². The molecule has 0 aliphatic heterocycles. The number of rotatable bonds is 26. The highest BCUT2D eigenvalue weighted by Gasteiger charge is 2.28. The molecule has 11 nitrogen and oxygen atoms in total. The minimum atomic E-state index is -4.70. The summed E-state index contributed by atoms with van der Waals surface area (Å²) in [6.07, 6.45) is 16.8. The molecule has 4 N–H and O–H groups in total. The van der Waals surface area contributed by atoms with Crippen LogP contribution in [0.1, 0.15) is 117 Å². The van der Waals surface area contributed by atoms with Gasteiger partial charge in [-0.25, -0.2) is 9.36 Å². The molecule has 0 fully saturated rings. The molecule has 0 aromatic rings. The molecular weight excluding hydrogens is 517 g/mol. The number of esters is 1. The Morgan fingerprint density at radius 2 is 1.21 bits per heavy atom. The summed E-state index contributed by atoms with van der Waals surface area (Å²) in [4.78, 5) is 43.8. The number of amides is 1. The Morgan fingerprint density at radius 3 is 1.66 bits per heavy atom. The number of hydrogen-bond acceptors (Lipinski definition) is 8. The van der Waals surface area contributed by atoms with Crippen LogP contribution in [0.25, 0.3) is 0 Å². The second kappa shape index (κ2) is 23.4. The molecule has 3 unspecified atom stereocenters.